The summed E-state index contributed by atoms with van der Waals surface area (Å²) in [6.07, 6.45) is 3.58. The maximum absolute atomic E-state index is 5.37. The number of thiazole rings is 1. The van der Waals surface area contributed by atoms with E-state index in [2.05, 4.69) is 10.3 Å². The van der Waals surface area contributed by atoms with Crippen molar-refractivity contribution in [2.24, 2.45) is 0 Å². The molecule has 0 radical (unpaired) electrons. The second kappa shape index (κ2) is 3.94. The largest absolute Gasteiger partial charge is 0.467 e. The lowest BCUT2D eigenvalue weighted by Crippen LogP contribution is -2.15. The lowest BCUT2D eigenvalue weighted by molar-refractivity contribution is 0.466. The minimum absolute atomic E-state index is 0.121. The predicted molar refractivity (Wildman–Crippen MR) is 56.5 cm³/mol. The Hall–Kier alpha value is -1.13. The van der Waals surface area contributed by atoms with Crippen LogP contribution in [0.5, 0.6) is 0 Å². The number of aromatic nitrogens is 1. The Morgan fingerprint density at radius 1 is 1.57 bits per heavy atom. The van der Waals surface area contributed by atoms with Crippen molar-refractivity contribution in [1.82, 2.24) is 10.3 Å². The molecule has 0 bridgehead atoms. The van der Waals surface area contributed by atoms with Gasteiger partial charge in [0.2, 0.25) is 0 Å². The van der Waals surface area contributed by atoms with E-state index in [4.69, 9.17) is 4.42 Å². The SMILES string of the molecule is CNC(c1ccco1)c1cnc(C)s1. The van der Waals surface area contributed by atoms with Gasteiger partial charge in [0.15, 0.2) is 0 Å². The lowest BCUT2D eigenvalue weighted by atomic mass is 10.2. The molecule has 1 N–H and O–H groups in total. The molecule has 0 saturated heterocycles. The number of rotatable bonds is 3. The van der Waals surface area contributed by atoms with Gasteiger partial charge in [-0.05, 0) is 26.1 Å². The highest BCUT2D eigenvalue weighted by molar-refractivity contribution is 7.11. The minimum Gasteiger partial charge on any atom is -0.467 e. The first-order valence-electron chi connectivity index (χ1n) is 4.44. The summed E-state index contributed by atoms with van der Waals surface area (Å²) in [5.41, 5.74) is 0. The number of furan rings is 1. The molecule has 1 unspecified atom stereocenters. The average Bonchev–Trinajstić information content (AvgIpc) is 2.79. The fourth-order valence-corrected chi connectivity index (χ4v) is 2.30. The summed E-state index contributed by atoms with van der Waals surface area (Å²) in [4.78, 5) is 5.41. The first-order valence-corrected chi connectivity index (χ1v) is 5.26. The van der Waals surface area contributed by atoms with Crippen LogP contribution < -0.4 is 5.32 Å². The van der Waals surface area contributed by atoms with Crippen LogP contribution in [0.25, 0.3) is 0 Å². The number of nitrogens with one attached hydrogen (secondary N) is 1. The van der Waals surface area contributed by atoms with Crippen molar-refractivity contribution in [1.29, 1.82) is 0 Å². The maximum atomic E-state index is 5.37. The van der Waals surface area contributed by atoms with Gasteiger partial charge < -0.3 is 9.73 Å². The summed E-state index contributed by atoms with van der Waals surface area (Å²) < 4.78 is 5.37. The molecule has 2 aromatic heterocycles. The monoisotopic (exact) mass is 208 g/mol. The molecule has 0 aliphatic rings. The molecule has 0 aliphatic heterocycles. The van der Waals surface area contributed by atoms with Gasteiger partial charge in [0, 0.05) is 11.1 Å². The number of hydrogen-bond donors (Lipinski definition) is 1. The van der Waals surface area contributed by atoms with Gasteiger partial charge >= 0.3 is 0 Å². The van der Waals surface area contributed by atoms with E-state index in [0.29, 0.717) is 0 Å². The average molecular weight is 208 g/mol. The molecule has 2 aromatic rings. The number of hydrogen-bond acceptors (Lipinski definition) is 4. The van der Waals surface area contributed by atoms with Gasteiger partial charge in [-0.25, -0.2) is 4.98 Å². The molecule has 14 heavy (non-hydrogen) atoms. The van der Waals surface area contributed by atoms with Crippen molar-refractivity contribution in [3.63, 3.8) is 0 Å². The van der Waals surface area contributed by atoms with Gasteiger partial charge in [0.05, 0.1) is 11.3 Å². The van der Waals surface area contributed by atoms with E-state index in [-0.39, 0.29) is 6.04 Å². The van der Waals surface area contributed by atoms with Gasteiger partial charge in [-0.15, -0.1) is 11.3 Å². The van der Waals surface area contributed by atoms with E-state index < -0.39 is 0 Å². The van der Waals surface area contributed by atoms with Gasteiger partial charge in [0.1, 0.15) is 11.8 Å². The van der Waals surface area contributed by atoms with Crippen molar-refractivity contribution in [2.75, 3.05) is 7.05 Å². The maximum Gasteiger partial charge on any atom is 0.126 e. The first kappa shape index (κ1) is 9.43. The molecule has 2 rings (SSSR count). The van der Waals surface area contributed by atoms with Gasteiger partial charge in [-0.1, -0.05) is 0 Å². The number of aryl methyl sites for hydroxylation is 1. The predicted octanol–water partition coefficient (Wildman–Crippen LogP) is 2.35. The Labute approximate surface area is 86.8 Å². The Bertz CT molecular complexity index is 394. The van der Waals surface area contributed by atoms with Crippen LogP contribution in [0.3, 0.4) is 0 Å². The van der Waals surface area contributed by atoms with Crippen LogP contribution in [0.4, 0.5) is 0 Å². The molecule has 0 aliphatic carbocycles. The fraction of sp³-hybridized carbons (Fsp3) is 0.300. The van der Waals surface area contributed by atoms with Crippen molar-refractivity contribution in [3.8, 4) is 0 Å². The molecule has 2 heterocycles. The summed E-state index contributed by atoms with van der Waals surface area (Å²) in [7, 11) is 1.92. The summed E-state index contributed by atoms with van der Waals surface area (Å²) >= 11 is 1.69. The molecule has 0 saturated carbocycles. The lowest BCUT2D eigenvalue weighted by Gasteiger charge is -2.10. The van der Waals surface area contributed by atoms with Crippen LogP contribution >= 0.6 is 11.3 Å². The highest BCUT2D eigenvalue weighted by atomic mass is 32.1. The van der Waals surface area contributed by atoms with Crippen molar-refractivity contribution < 1.29 is 4.42 Å². The molecule has 3 nitrogen and oxygen atoms in total. The van der Waals surface area contributed by atoms with Gasteiger partial charge in [0.25, 0.3) is 0 Å². The minimum atomic E-state index is 0.121. The standard InChI is InChI=1S/C10H12N2OS/c1-7-12-6-9(14-7)10(11-2)8-4-3-5-13-8/h3-6,10-11H,1-2H3. The normalized spacial score (nSPS) is 13.0. The third-order valence-corrected chi connectivity index (χ3v) is 3.02. The number of nitrogens with zero attached hydrogens (tertiary/aromatic N) is 1. The van der Waals surface area contributed by atoms with Crippen LogP contribution in [0.2, 0.25) is 0 Å². The van der Waals surface area contributed by atoms with Crippen molar-refractivity contribution in [3.05, 3.63) is 40.2 Å². The highest BCUT2D eigenvalue weighted by Crippen LogP contribution is 2.26. The molecule has 0 amide bonds. The Morgan fingerprint density at radius 3 is 2.93 bits per heavy atom. The zero-order chi connectivity index (χ0) is 9.97. The van der Waals surface area contributed by atoms with Crippen LogP contribution in [0.15, 0.2) is 29.0 Å². The van der Waals surface area contributed by atoms with Gasteiger partial charge in [-0.2, -0.15) is 0 Å². The molecule has 0 spiro atoms. The summed E-state index contributed by atoms with van der Waals surface area (Å²) in [5.74, 6) is 0.927. The van der Waals surface area contributed by atoms with E-state index in [9.17, 15) is 0 Å². The Kier molecular flexibility index (Phi) is 2.65. The second-order valence-electron chi connectivity index (χ2n) is 3.02. The summed E-state index contributed by atoms with van der Waals surface area (Å²) in [5, 5.41) is 4.29. The second-order valence-corrected chi connectivity index (χ2v) is 4.29. The fourth-order valence-electron chi connectivity index (χ4n) is 1.39. The molecule has 0 fully saturated rings. The van der Waals surface area contributed by atoms with Gasteiger partial charge in [-0.3, -0.25) is 0 Å². The molecular weight excluding hydrogens is 196 g/mol. The molecule has 4 heteroatoms. The van der Waals surface area contributed by atoms with E-state index >= 15 is 0 Å². The smallest absolute Gasteiger partial charge is 0.126 e. The molecule has 74 valence electrons. The molecular formula is C10H12N2OS. The topological polar surface area (TPSA) is 38.1 Å². The summed E-state index contributed by atoms with van der Waals surface area (Å²) in [6.45, 7) is 2.00. The van der Waals surface area contributed by atoms with Crippen LogP contribution in [0, 0.1) is 6.92 Å². The highest BCUT2D eigenvalue weighted by Gasteiger charge is 2.16. The zero-order valence-electron chi connectivity index (χ0n) is 8.15. The van der Waals surface area contributed by atoms with Crippen molar-refractivity contribution in [2.45, 2.75) is 13.0 Å². The first-order chi connectivity index (χ1) is 6.81. The quantitative estimate of drug-likeness (QED) is 0.841. The Balaban J connectivity index is 2.31. The van der Waals surface area contributed by atoms with Crippen LogP contribution in [-0.2, 0) is 0 Å². The third-order valence-electron chi connectivity index (χ3n) is 2.04. The van der Waals surface area contributed by atoms with E-state index in [1.807, 2.05) is 32.3 Å². The van der Waals surface area contributed by atoms with Crippen LogP contribution in [-0.4, -0.2) is 12.0 Å². The Morgan fingerprint density at radius 2 is 2.43 bits per heavy atom. The summed E-state index contributed by atoms with van der Waals surface area (Å²) in [6, 6.07) is 3.99. The van der Waals surface area contributed by atoms with Crippen LogP contribution in [0.1, 0.15) is 21.7 Å². The van der Waals surface area contributed by atoms with Crippen molar-refractivity contribution >= 4 is 11.3 Å². The zero-order valence-corrected chi connectivity index (χ0v) is 8.97. The molecule has 1 atom stereocenters. The van der Waals surface area contributed by atoms with E-state index in [0.717, 1.165) is 10.8 Å². The molecule has 0 aromatic carbocycles. The van der Waals surface area contributed by atoms with E-state index in [1.165, 1.54) is 4.88 Å². The van der Waals surface area contributed by atoms with E-state index in [1.54, 1.807) is 17.6 Å². The third kappa shape index (κ3) is 1.71.